The summed E-state index contributed by atoms with van der Waals surface area (Å²) in [6.07, 6.45) is 0.129. The maximum absolute atomic E-state index is 11.8. The van der Waals surface area contributed by atoms with Crippen LogP contribution in [0.4, 0.5) is 11.4 Å². The van der Waals surface area contributed by atoms with Crippen molar-refractivity contribution in [2.24, 2.45) is 5.73 Å². The zero-order valence-electron chi connectivity index (χ0n) is 12.6. The Hall–Kier alpha value is -3.42. The van der Waals surface area contributed by atoms with E-state index in [9.17, 15) is 19.7 Å². The van der Waals surface area contributed by atoms with Crippen LogP contribution < -0.4 is 15.8 Å². The van der Waals surface area contributed by atoms with Crippen LogP contribution in [0.15, 0.2) is 48.5 Å². The molecule has 0 saturated heterocycles. The van der Waals surface area contributed by atoms with Gasteiger partial charge < -0.3 is 15.8 Å². The number of non-ortho nitro benzene ring substituents is 1. The summed E-state index contributed by atoms with van der Waals surface area (Å²) < 4.78 is 5.23. The van der Waals surface area contributed by atoms with E-state index >= 15 is 0 Å². The lowest BCUT2D eigenvalue weighted by Crippen LogP contribution is -2.20. The minimum Gasteiger partial charge on any atom is -0.484 e. The van der Waals surface area contributed by atoms with E-state index in [4.69, 9.17) is 10.5 Å². The lowest BCUT2D eigenvalue weighted by atomic mass is 10.1. The Kier molecular flexibility index (Phi) is 5.45. The fourth-order valence-corrected chi connectivity index (χ4v) is 1.94. The second-order valence-corrected chi connectivity index (χ2v) is 4.93. The molecule has 2 amide bonds. The summed E-state index contributed by atoms with van der Waals surface area (Å²) in [5, 5.41) is 13.3. The summed E-state index contributed by atoms with van der Waals surface area (Å²) in [7, 11) is 0. The van der Waals surface area contributed by atoms with Gasteiger partial charge in [-0.1, -0.05) is 18.2 Å². The lowest BCUT2D eigenvalue weighted by molar-refractivity contribution is -0.384. The van der Waals surface area contributed by atoms with Crippen molar-refractivity contribution in [1.82, 2.24) is 0 Å². The van der Waals surface area contributed by atoms with Crippen LogP contribution in [0.5, 0.6) is 5.75 Å². The molecular formula is C16H15N3O5. The third-order valence-electron chi connectivity index (χ3n) is 3.01. The zero-order chi connectivity index (χ0) is 17.5. The number of ether oxygens (including phenoxy) is 1. The molecule has 8 heteroatoms. The summed E-state index contributed by atoms with van der Waals surface area (Å²) in [6.45, 7) is -0.287. The van der Waals surface area contributed by atoms with Gasteiger partial charge in [-0.05, 0) is 23.8 Å². The van der Waals surface area contributed by atoms with Gasteiger partial charge in [-0.2, -0.15) is 0 Å². The highest BCUT2D eigenvalue weighted by Crippen LogP contribution is 2.19. The van der Waals surface area contributed by atoms with Gasteiger partial charge >= 0.3 is 0 Å². The molecule has 0 unspecified atom stereocenters. The first-order valence-corrected chi connectivity index (χ1v) is 6.98. The molecule has 0 aliphatic rings. The number of nitro groups is 1. The summed E-state index contributed by atoms with van der Waals surface area (Å²) in [6, 6.07) is 12.2. The molecule has 3 N–H and O–H groups in total. The van der Waals surface area contributed by atoms with Crippen molar-refractivity contribution in [3.8, 4) is 5.75 Å². The number of primary amides is 1. The van der Waals surface area contributed by atoms with Crippen molar-refractivity contribution in [1.29, 1.82) is 0 Å². The quantitative estimate of drug-likeness (QED) is 0.590. The molecule has 0 aromatic heterocycles. The number of carbonyl (C=O) groups is 2. The number of rotatable bonds is 7. The fourth-order valence-electron chi connectivity index (χ4n) is 1.94. The number of nitrogens with two attached hydrogens (primary N) is 1. The number of nitrogens with zero attached hydrogens (tertiary/aromatic N) is 1. The van der Waals surface area contributed by atoms with Crippen molar-refractivity contribution in [2.75, 3.05) is 11.9 Å². The monoisotopic (exact) mass is 329 g/mol. The van der Waals surface area contributed by atoms with Gasteiger partial charge in [0.15, 0.2) is 6.61 Å². The molecule has 2 aromatic rings. The SMILES string of the molecule is NC(=O)Cc1ccc(NC(=O)COc2cccc([N+](=O)[O-])c2)cc1. The predicted octanol–water partition coefficient (Wildman–Crippen LogP) is 1.64. The Morgan fingerprint density at radius 3 is 2.50 bits per heavy atom. The number of hydrogen-bond acceptors (Lipinski definition) is 5. The van der Waals surface area contributed by atoms with E-state index in [1.807, 2.05) is 0 Å². The largest absolute Gasteiger partial charge is 0.484 e. The van der Waals surface area contributed by atoms with Crippen LogP contribution >= 0.6 is 0 Å². The van der Waals surface area contributed by atoms with Crippen LogP contribution in [-0.4, -0.2) is 23.3 Å². The molecule has 8 nitrogen and oxygen atoms in total. The number of hydrogen-bond donors (Lipinski definition) is 2. The topological polar surface area (TPSA) is 125 Å². The number of nitro benzene ring substituents is 1. The van der Waals surface area contributed by atoms with E-state index in [-0.39, 0.29) is 24.5 Å². The molecule has 124 valence electrons. The van der Waals surface area contributed by atoms with E-state index < -0.39 is 16.7 Å². The van der Waals surface area contributed by atoms with E-state index in [1.54, 1.807) is 24.3 Å². The number of anilines is 1. The Labute approximate surface area is 137 Å². The maximum Gasteiger partial charge on any atom is 0.273 e. The minimum absolute atomic E-state index is 0.113. The Balaban J connectivity index is 1.88. The van der Waals surface area contributed by atoms with Crippen LogP contribution in [0.2, 0.25) is 0 Å². The number of amides is 2. The van der Waals surface area contributed by atoms with E-state index in [0.29, 0.717) is 5.69 Å². The first kappa shape index (κ1) is 16.9. The number of benzene rings is 2. The Morgan fingerprint density at radius 1 is 1.17 bits per heavy atom. The molecular weight excluding hydrogens is 314 g/mol. The van der Waals surface area contributed by atoms with E-state index in [0.717, 1.165) is 5.56 Å². The minimum atomic E-state index is -0.541. The van der Waals surface area contributed by atoms with Crippen molar-refractivity contribution in [3.05, 3.63) is 64.2 Å². The first-order valence-electron chi connectivity index (χ1n) is 6.98. The standard InChI is InChI=1S/C16H15N3O5/c17-15(20)8-11-4-6-12(7-5-11)18-16(21)10-24-14-3-1-2-13(9-14)19(22)23/h1-7,9H,8,10H2,(H2,17,20)(H,18,21). The van der Waals surface area contributed by atoms with Crippen LogP contribution in [0.25, 0.3) is 0 Å². The molecule has 0 aliphatic carbocycles. The van der Waals surface area contributed by atoms with Gasteiger partial charge in [0.2, 0.25) is 5.91 Å². The third kappa shape index (κ3) is 5.09. The molecule has 0 heterocycles. The summed E-state index contributed by atoms with van der Waals surface area (Å²) in [5.41, 5.74) is 6.27. The third-order valence-corrected chi connectivity index (χ3v) is 3.01. The molecule has 0 aliphatic heterocycles. The summed E-state index contributed by atoms with van der Waals surface area (Å²) >= 11 is 0. The molecule has 0 bridgehead atoms. The molecule has 0 radical (unpaired) electrons. The molecule has 0 saturated carbocycles. The second kappa shape index (κ2) is 7.73. The number of carbonyl (C=O) groups excluding carboxylic acids is 2. The van der Waals surface area contributed by atoms with Gasteiger partial charge in [-0.25, -0.2) is 0 Å². The second-order valence-electron chi connectivity index (χ2n) is 4.93. The van der Waals surface area contributed by atoms with Gasteiger partial charge in [0.25, 0.3) is 11.6 Å². The van der Waals surface area contributed by atoms with Crippen LogP contribution in [0.1, 0.15) is 5.56 Å². The highest BCUT2D eigenvalue weighted by molar-refractivity contribution is 5.91. The van der Waals surface area contributed by atoms with Crippen molar-refractivity contribution < 1.29 is 19.2 Å². The fraction of sp³-hybridized carbons (Fsp3) is 0.125. The molecule has 0 fully saturated rings. The van der Waals surface area contributed by atoms with Gasteiger partial charge in [0.1, 0.15) is 5.75 Å². The average Bonchev–Trinajstić information content (AvgIpc) is 2.54. The normalized spacial score (nSPS) is 10.0. The van der Waals surface area contributed by atoms with Gasteiger partial charge in [-0.3, -0.25) is 19.7 Å². The Bertz CT molecular complexity index is 759. The van der Waals surface area contributed by atoms with Gasteiger partial charge in [0.05, 0.1) is 17.4 Å². The van der Waals surface area contributed by atoms with Crippen LogP contribution in [0.3, 0.4) is 0 Å². The lowest BCUT2D eigenvalue weighted by Gasteiger charge is -2.08. The molecule has 0 spiro atoms. The summed E-state index contributed by atoms with van der Waals surface area (Å²) in [5.74, 6) is -0.613. The van der Waals surface area contributed by atoms with Crippen molar-refractivity contribution >= 4 is 23.2 Å². The molecule has 0 atom stereocenters. The van der Waals surface area contributed by atoms with E-state index in [1.165, 1.54) is 24.3 Å². The summed E-state index contributed by atoms with van der Waals surface area (Å²) in [4.78, 5) is 32.8. The van der Waals surface area contributed by atoms with Crippen LogP contribution in [0, 0.1) is 10.1 Å². The van der Waals surface area contributed by atoms with Crippen molar-refractivity contribution in [3.63, 3.8) is 0 Å². The van der Waals surface area contributed by atoms with Crippen molar-refractivity contribution in [2.45, 2.75) is 6.42 Å². The first-order chi connectivity index (χ1) is 11.4. The van der Waals surface area contributed by atoms with Gasteiger partial charge in [-0.15, -0.1) is 0 Å². The van der Waals surface area contributed by atoms with Gasteiger partial charge in [0, 0.05) is 11.8 Å². The molecule has 2 aromatic carbocycles. The highest BCUT2D eigenvalue weighted by atomic mass is 16.6. The Morgan fingerprint density at radius 2 is 1.88 bits per heavy atom. The molecule has 24 heavy (non-hydrogen) atoms. The van der Waals surface area contributed by atoms with Crippen LogP contribution in [-0.2, 0) is 16.0 Å². The smallest absolute Gasteiger partial charge is 0.273 e. The maximum atomic E-state index is 11.8. The average molecular weight is 329 g/mol. The molecule has 2 rings (SSSR count). The zero-order valence-corrected chi connectivity index (χ0v) is 12.6. The predicted molar refractivity (Wildman–Crippen MR) is 86.6 cm³/mol. The van der Waals surface area contributed by atoms with E-state index in [2.05, 4.69) is 5.32 Å². The number of nitrogens with one attached hydrogen (secondary N) is 1. The highest BCUT2D eigenvalue weighted by Gasteiger charge is 2.08.